The summed E-state index contributed by atoms with van der Waals surface area (Å²) in [6.07, 6.45) is 1.29. The Morgan fingerprint density at radius 3 is 2.43 bits per heavy atom. The Kier molecular flexibility index (Phi) is 8.26. The molecule has 242 valence electrons. The highest BCUT2D eigenvalue weighted by Gasteiger charge is 2.50. The van der Waals surface area contributed by atoms with E-state index in [2.05, 4.69) is 10.4 Å². The summed E-state index contributed by atoms with van der Waals surface area (Å²) in [7, 11) is -2.39. The minimum Gasteiger partial charge on any atom is -0.495 e. The Hall–Kier alpha value is -5.17. The van der Waals surface area contributed by atoms with Crippen molar-refractivity contribution in [1.29, 1.82) is 5.26 Å². The molecule has 0 saturated carbocycles. The molecule has 0 bridgehead atoms. The lowest BCUT2D eigenvalue weighted by Gasteiger charge is -2.37. The van der Waals surface area contributed by atoms with Crippen molar-refractivity contribution in [3.63, 3.8) is 0 Å². The van der Waals surface area contributed by atoms with E-state index in [-0.39, 0.29) is 70.5 Å². The van der Waals surface area contributed by atoms with Crippen LogP contribution in [-0.2, 0) is 15.9 Å². The van der Waals surface area contributed by atoms with Gasteiger partial charge in [0.2, 0.25) is 10.0 Å². The number of methoxy groups -OCH3 is 1. The fourth-order valence-electron chi connectivity index (χ4n) is 6.00. The molecule has 15 heteroatoms. The van der Waals surface area contributed by atoms with Crippen LogP contribution < -0.4 is 20.7 Å². The minimum atomic E-state index is -3.79. The number of amides is 2. The number of nitriles is 1. The molecule has 12 nitrogen and oxygen atoms in total. The van der Waals surface area contributed by atoms with Crippen LogP contribution in [0.25, 0.3) is 0 Å². The van der Waals surface area contributed by atoms with Gasteiger partial charge in [-0.3, -0.25) is 14.3 Å². The molecular weight excluding hydrogens is 632 g/mol. The summed E-state index contributed by atoms with van der Waals surface area (Å²) in [6.45, 7) is -0.215. The normalized spacial score (nSPS) is 17.9. The third kappa shape index (κ3) is 5.60. The molecule has 0 spiro atoms. The quantitative estimate of drug-likeness (QED) is 0.276. The van der Waals surface area contributed by atoms with E-state index in [0.29, 0.717) is 0 Å². The first-order valence-electron chi connectivity index (χ1n) is 14.5. The van der Waals surface area contributed by atoms with Crippen molar-refractivity contribution < 1.29 is 31.5 Å². The topological polar surface area (TPSA) is 164 Å². The molecule has 2 atom stereocenters. The molecule has 1 fully saturated rings. The van der Waals surface area contributed by atoms with Gasteiger partial charge in [0.05, 0.1) is 42.4 Å². The van der Waals surface area contributed by atoms with Gasteiger partial charge in [0, 0.05) is 42.0 Å². The van der Waals surface area contributed by atoms with Crippen molar-refractivity contribution in [1.82, 2.24) is 14.1 Å². The molecular formula is C32H29F2N7O5S. The first kappa shape index (κ1) is 31.8. The highest BCUT2D eigenvalue weighted by molar-refractivity contribution is 7.89. The van der Waals surface area contributed by atoms with E-state index in [1.165, 1.54) is 93.9 Å². The fourth-order valence-corrected chi connectivity index (χ4v) is 7.32. The highest BCUT2D eigenvalue weighted by Crippen LogP contribution is 2.41. The summed E-state index contributed by atoms with van der Waals surface area (Å²) in [5, 5.41) is 16.5. The number of anilines is 2. The summed E-state index contributed by atoms with van der Waals surface area (Å²) >= 11 is 0. The van der Waals surface area contributed by atoms with Crippen LogP contribution in [0.3, 0.4) is 0 Å². The SMILES string of the molecule is COc1ccc(C(=O)Nc2cnn3c2C(=O)N(c2ccc(C(F)(F)c4ccccc4)cc2)[C@H]2CN(S(=O)(=O)CCN)CC23)cc1C#N. The predicted octanol–water partition coefficient (Wildman–Crippen LogP) is 3.33. The number of benzene rings is 3. The molecule has 3 aromatic carbocycles. The van der Waals surface area contributed by atoms with Gasteiger partial charge in [-0.1, -0.05) is 42.5 Å². The molecule has 1 saturated heterocycles. The van der Waals surface area contributed by atoms with Gasteiger partial charge in [0.1, 0.15) is 11.8 Å². The number of carbonyl (C=O) groups excluding carboxylic acids is 2. The smallest absolute Gasteiger partial charge is 0.298 e. The summed E-state index contributed by atoms with van der Waals surface area (Å²) in [4.78, 5) is 28.9. The number of nitrogens with one attached hydrogen (secondary N) is 1. The lowest BCUT2D eigenvalue weighted by molar-refractivity contribution is 0.0428. The van der Waals surface area contributed by atoms with Gasteiger partial charge in [-0.2, -0.15) is 23.4 Å². The molecule has 2 aliphatic rings. The molecule has 6 rings (SSSR count). The van der Waals surface area contributed by atoms with Gasteiger partial charge >= 0.3 is 0 Å². The Bertz CT molecular complexity index is 2000. The first-order valence-corrected chi connectivity index (χ1v) is 16.1. The van der Waals surface area contributed by atoms with Gasteiger partial charge in [0.25, 0.3) is 17.7 Å². The van der Waals surface area contributed by atoms with E-state index in [4.69, 9.17) is 10.5 Å². The monoisotopic (exact) mass is 661 g/mol. The van der Waals surface area contributed by atoms with Crippen molar-refractivity contribution >= 4 is 33.2 Å². The van der Waals surface area contributed by atoms with E-state index in [0.717, 1.165) is 0 Å². The van der Waals surface area contributed by atoms with Crippen LogP contribution in [0, 0.1) is 11.3 Å². The molecule has 0 radical (unpaired) electrons. The second-order valence-corrected chi connectivity index (χ2v) is 13.1. The van der Waals surface area contributed by atoms with Gasteiger partial charge in [-0.15, -0.1) is 0 Å². The maximum absolute atomic E-state index is 15.3. The maximum atomic E-state index is 15.3. The third-order valence-electron chi connectivity index (χ3n) is 8.33. The highest BCUT2D eigenvalue weighted by atomic mass is 32.2. The van der Waals surface area contributed by atoms with Crippen LogP contribution >= 0.6 is 0 Å². The van der Waals surface area contributed by atoms with E-state index < -0.39 is 39.8 Å². The largest absolute Gasteiger partial charge is 0.495 e. The zero-order chi connectivity index (χ0) is 33.5. The molecule has 2 aliphatic heterocycles. The van der Waals surface area contributed by atoms with Crippen LogP contribution in [0.2, 0.25) is 0 Å². The molecule has 1 unspecified atom stereocenters. The van der Waals surface area contributed by atoms with Crippen molar-refractivity contribution in [2.24, 2.45) is 5.73 Å². The van der Waals surface area contributed by atoms with Crippen LogP contribution in [0.4, 0.5) is 20.2 Å². The number of ether oxygens (including phenoxy) is 1. The maximum Gasteiger partial charge on any atom is 0.298 e. The second kappa shape index (κ2) is 12.2. The van der Waals surface area contributed by atoms with Crippen molar-refractivity contribution in [3.05, 3.63) is 107 Å². The Labute approximate surface area is 269 Å². The summed E-state index contributed by atoms with van der Waals surface area (Å²) in [6, 6.07) is 17.4. The Morgan fingerprint density at radius 1 is 1.09 bits per heavy atom. The van der Waals surface area contributed by atoms with Crippen molar-refractivity contribution in [2.45, 2.75) is 18.0 Å². The number of nitrogens with two attached hydrogens (primary N) is 1. The lowest BCUT2D eigenvalue weighted by Crippen LogP contribution is -2.51. The lowest BCUT2D eigenvalue weighted by atomic mass is 9.99. The van der Waals surface area contributed by atoms with E-state index in [9.17, 15) is 23.3 Å². The van der Waals surface area contributed by atoms with Crippen molar-refractivity contribution in [2.75, 3.05) is 42.7 Å². The molecule has 0 aliphatic carbocycles. The number of carbonyl (C=O) groups is 2. The Morgan fingerprint density at radius 2 is 1.77 bits per heavy atom. The number of hydrogen-bond donors (Lipinski definition) is 2. The average molecular weight is 662 g/mol. The van der Waals surface area contributed by atoms with Crippen molar-refractivity contribution in [3.8, 4) is 11.8 Å². The molecule has 1 aromatic heterocycles. The van der Waals surface area contributed by atoms with E-state index >= 15 is 8.78 Å². The fraction of sp³-hybridized carbons (Fsp3) is 0.250. The van der Waals surface area contributed by atoms with Gasteiger partial charge in [-0.25, -0.2) is 8.42 Å². The third-order valence-corrected chi connectivity index (χ3v) is 10.2. The number of rotatable bonds is 9. The van der Waals surface area contributed by atoms with E-state index in [1.54, 1.807) is 6.07 Å². The zero-order valence-electron chi connectivity index (χ0n) is 25.0. The summed E-state index contributed by atoms with van der Waals surface area (Å²) < 4.78 is 64.5. The summed E-state index contributed by atoms with van der Waals surface area (Å²) in [5.41, 5.74) is 5.61. The molecule has 3 N–H and O–H groups in total. The second-order valence-electron chi connectivity index (χ2n) is 11.1. The predicted molar refractivity (Wildman–Crippen MR) is 168 cm³/mol. The number of aromatic nitrogens is 2. The van der Waals surface area contributed by atoms with Crippen LogP contribution in [0.5, 0.6) is 5.75 Å². The number of halogens is 2. The zero-order valence-corrected chi connectivity index (χ0v) is 25.8. The van der Waals surface area contributed by atoms with Gasteiger partial charge in [-0.05, 0) is 30.3 Å². The number of hydrogen-bond acceptors (Lipinski definition) is 8. The van der Waals surface area contributed by atoms with Gasteiger partial charge in [0.15, 0.2) is 5.69 Å². The van der Waals surface area contributed by atoms with Crippen LogP contribution in [-0.4, -0.2) is 72.9 Å². The Balaban J connectivity index is 1.38. The summed E-state index contributed by atoms with van der Waals surface area (Å²) in [5.74, 6) is -4.58. The average Bonchev–Trinajstić information content (AvgIpc) is 3.71. The molecule has 4 aromatic rings. The molecule has 47 heavy (non-hydrogen) atoms. The van der Waals surface area contributed by atoms with Crippen LogP contribution in [0.15, 0.2) is 79.0 Å². The van der Waals surface area contributed by atoms with E-state index in [1.807, 2.05) is 6.07 Å². The number of alkyl halides is 2. The molecule has 2 amide bonds. The molecule has 3 heterocycles. The van der Waals surface area contributed by atoms with Gasteiger partial charge < -0.3 is 20.7 Å². The number of fused-ring (bicyclic) bond motifs is 3. The number of sulfonamides is 1. The van der Waals surface area contributed by atoms with Crippen LogP contribution in [0.1, 0.15) is 43.6 Å². The standard InChI is InChI=1S/C32H29F2N7O5S/c1-46-28-12-7-20(15-21(28)16-36)30(42)38-25-17-37-41-27-19-39(47(44,45)14-13-35)18-26(27)40(31(43)29(25)41)24-10-8-23(9-11-24)32(33,34)22-5-3-2-4-6-22/h2-12,15,17,26-27H,13-14,18-19,35H2,1H3,(H,38,42)/t26-,27?/m0/s1. The minimum absolute atomic E-state index is 0.0228. The first-order chi connectivity index (χ1) is 22.5. The number of nitrogens with zero attached hydrogens (tertiary/aromatic N) is 5.